The molecule has 0 atom stereocenters. The summed E-state index contributed by atoms with van der Waals surface area (Å²) in [5.74, 6) is 1.88. The zero-order valence-electron chi connectivity index (χ0n) is 17.9. The SMILES string of the molecule is CN=C(NCc1ccccc1OC1CCC1)NCC1(C(=O)N(C)C)CCCC1.I. The summed E-state index contributed by atoms with van der Waals surface area (Å²) in [7, 11) is 5.45. The van der Waals surface area contributed by atoms with Gasteiger partial charge in [-0.1, -0.05) is 31.0 Å². The van der Waals surface area contributed by atoms with Crippen LogP contribution in [-0.4, -0.2) is 50.6 Å². The smallest absolute Gasteiger partial charge is 0.230 e. The number of amides is 1. The monoisotopic (exact) mass is 514 g/mol. The van der Waals surface area contributed by atoms with Crippen LogP contribution < -0.4 is 15.4 Å². The number of para-hydroxylation sites is 1. The quantitative estimate of drug-likeness (QED) is 0.332. The summed E-state index contributed by atoms with van der Waals surface area (Å²) in [6.45, 7) is 1.25. The van der Waals surface area contributed by atoms with Crippen LogP contribution in [-0.2, 0) is 11.3 Å². The lowest BCUT2D eigenvalue weighted by Crippen LogP contribution is -2.49. The van der Waals surface area contributed by atoms with Crippen LogP contribution in [0.25, 0.3) is 0 Å². The van der Waals surface area contributed by atoms with Crippen molar-refractivity contribution in [1.29, 1.82) is 0 Å². The van der Waals surface area contributed by atoms with Gasteiger partial charge in [0.05, 0.1) is 11.5 Å². The molecule has 0 unspecified atom stereocenters. The molecule has 0 aliphatic heterocycles. The van der Waals surface area contributed by atoms with Crippen molar-refractivity contribution in [3.8, 4) is 5.75 Å². The molecule has 0 bridgehead atoms. The second-order valence-electron chi connectivity index (χ2n) is 8.24. The Bertz CT molecular complexity index is 698. The van der Waals surface area contributed by atoms with Gasteiger partial charge in [-0.05, 0) is 38.2 Å². The second-order valence-corrected chi connectivity index (χ2v) is 8.24. The molecule has 2 N–H and O–H groups in total. The number of carbonyl (C=O) groups excluding carboxylic acids is 1. The molecule has 162 valence electrons. The summed E-state index contributed by atoms with van der Waals surface area (Å²) in [6.07, 6.45) is 8.00. The van der Waals surface area contributed by atoms with Crippen molar-refractivity contribution in [2.75, 3.05) is 27.7 Å². The number of carbonyl (C=O) groups is 1. The van der Waals surface area contributed by atoms with E-state index in [-0.39, 0.29) is 35.3 Å². The van der Waals surface area contributed by atoms with E-state index in [1.165, 1.54) is 6.42 Å². The van der Waals surface area contributed by atoms with Gasteiger partial charge in [-0.25, -0.2) is 0 Å². The first-order valence-electron chi connectivity index (χ1n) is 10.4. The van der Waals surface area contributed by atoms with E-state index in [2.05, 4.69) is 21.7 Å². The number of ether oxygens (including phenoxy) is 1. The van der Waals surface area contributed by atoms with Gasteiger partial charge >= 0.3 is 0 Å². The molecule has 1 amide bonds. The molecule has 2 aliphatic rings. The van der Waals surface area contributed by atoms with E-state index in [1.54, 1.807) is 11.9 Å². The molecule has 2 aliphatic carbocycles. The first-order chi connectivity index (χ1) is 13.5. The van der Waals surface area contributed by atoms with Gasteiger partial charge in [0.25, 0.3) is 0 Å². The van der Waals surface area contributed by atoms with Crippen molar-refractivity contribution in [3.63, 3.8) is 0 Å². The van der Waals surface area contributed by atoms with Crippen molar-refractivity contribution in [2.24, 2.45) is 10.4 Å². The first kappa shape index (κ1) is 23.8. The van der Waals surface area contributed by atoms with E-state index in [1.807, 2.05) is 32.3 Å². The van der Waals surface area contributed by atoms with Crippen LogP contribution in [0.15, 0.2) is 29.3 Å². The van der Waals surface area contributed by atoms with Gasteiger partial charge in [0.1, 0.15) is 5.75 Å². The fourth-order valence-electron chi connectivity index (χ4n) is 4.08. The minimum absolute atomic E-state index is 0. The van der Waals surface area contributed by atoms with Gasteiger partial charge < -0.3 is 20.3 Å². The van der Waals surface area contributed by atoms with Gasteiger partial charge in [0, 0.05) is 39.8 Å². The third kappa shape index (κ3) is 5.99. The van der Waals surface area contributed by atoms with Gasteiger partial charge in [0.2, 0.25) is 5.91 Å². The molecular formula is C22H35IN4O2. The molecule has 29 heavy (non-hydrogen) atoms. The second kappa shape index (κ2) is 11.0. The molecule has 0 spiro atoms. The Labute approximate surface area is 191 Å². The summed E-state index contributed by atoms with van der Waals surface area (Å²) in [6, 6.07) is 8.17. The maximum absolute atomic E-state index is 12.7. The Kier molecular flexibility index (Phi) is 9.04. The average Bonchev–Trinajstić information content (AvgIpc) is 3.15. The molecule has 1 aromatic rings. The number of rotatable bonds is 7. The van der Waals surface area contributed by atoms with Crippen molar-refractivity contribution in [2.45, 2.75) is 57.6 Å². The Morgan fingerprint density at radius 1 is 1.17 bits per heavy atom. The van der Waals surface area contributed by atoms with Crippen LogP contribution in [0, 0.1) is 5.41 Å². The normalized spacial score (nSPS) is 18.4. The molecule has 2 fully saturated rings. The largest absolute Gasteiger partial charge is 0.490 e. The van der Waals surface area contributed by atoms with Crippen molar-refractivity contribution in [3.05, 3.63) is 29.8 Å². The molecule has 2 saturated carbocycles. The number of guanidine groups is 1. The maximum Gasteiger partial charge on any atom is 0.230 e. The molecule has 3 rings (SSSR count). The number of nitrogens with zero attached hydrogens (tertiary/aromatic N) is 2. The fourth-order valence-corrected chi connectivity index (χ4v) is 4.08. The van der Waals surface area contributed by atoms with Crippen LogP contribution in [0.4, 0.5) is 0 Å². The highest BCUT2D eigenvalue weighted by molar-refractivity contribution is 14.0. The van der Waals surface area contributed by atoms with Crippen molar-refractivity contribution < 1.29 is 9.53 Å². The van der Waals surface area contributed by atoms with Crippen LogP contribution >= 0.6 is 24.0 Å². The zero-order chi connectivity index (χ0) is 20.0. The van der Waals surface area contributed by atoms with Gasteiger partial charge in [0.15, 0.2) is 5.96 Å². The van der Waals surface area contributed by atoms with Gasteiger partial charge in [-0.3, -0.25) is 9.79 Å². The molecule has 0 radical (unpaired) electrons. The molecule has 0 heterocycles. The maximum atomic E-state index is 12.7. The number of halogens is 1. The molecule has 0 aromatic heterocycles. The molecule has 0 saturated heterocycles. The van der Waals surface area contributed by atoms with Crippen LogP contribution in [0.5, 0.6) is 5.75 Å². The highest BCUT2D eigenvalue weighted by Gasteiger charge is 2.42. The number of hydrogen-bond donors (Lipinski definition) is 2. The van der Waals surface area contributed by atoms with E-state index in [0.717, 1.165) is 55.8 Å². The van der Waals surface area contributed by atoms with Crippen LogP contribution in [0.3, 0.4) is 0 Å². The average molecular weight is 514 g/mol. The topological polar surface area (TPSA) is 66.0 Å². The highest BCUT2D eigenvalue weighted by Crippen LogP contribution is 2.38. The van der Waals surface area contributed by atoms with Crippen LogP contribution in [0.1, 0.15) is 50.5 Å². The summed E-state index contributed by atoms with van der Waals surface area (Å²) in [5.41, 5.74) is 0.809. The van der Waals surface area contributed by atoms with E-state index in [0.29, 0.717) is 19.2 Å². The van der Waals surface area contributed by atoms with Crippen LogP contribution in [0.2, 0.25) is 0 Å². The van der Waals surface area contributed by atoms with Crippen molar-refractivity contribution in [1.82, 2.24) is 15.5 Å². The lowest BCUT2D eigenvalue weighted by Gasteiger charge is -2.31. The summed E-state index contributed by atoms with van der Waals surface area (Å²) < 4.78 is 6.11. The van der Waals surface area contributed by atoms with E-state index >= 15 is 0 Å². The third-order valence-electron chi connectivity index (χ3n) is 6.00. The lowest BCUT2D eigenvalue weighted by atomic mass is 9.84. The van der Waals surface area contributed by atoms with Gasteiger partial charge in [-0.2, -0.15) is 0 Å². The van der Waals surface area contributed by atoms with Gasteiger partial charge in [-0.15, -0.1) is 24.0 Å². The zero-order valence-corrected chi connectivity index (χ0v) is 20.2. The van der Waals surface area contributed by atoms with E-state index in [4.69, 9.17) is 4.74 Å². The third-order valence-corrected chi connectivity index (χ3v) is 6.00. The predicted molar refractivity (Wildman–Crippen MR) is 128 cm³/mol. The molecule has 7 heteroatoms. The molecular weight excluding hydrogens is 479 g/mol. The Morgan fingerprint density at radius 3 is 2.45 bits per heavy atom. The summed E-state index contributed by atoms with van der Waals surface area (Å²) in [5, 5.41) is 6.77. The fraction of sp³-hybridized carbons (Fsp3) is 0.636. The molecule has 6 nitrogen and oxygen atoms in total. The first-order valence-corrected chi connectivity index (χ1v) is 10.4. The van der Waals surface area contributed by atoms with E-state index < -0.39 is 0 Å². The Balaban J connectivity index is 0.00000300. The number of nitrogens with one attached hydrogen (secondary N) is 2. The Hall–Kier alpha value is -1.51. The standard InChI is InChI=1S/C22H34N4O2.HI/c1-23-21(25-16-22(13-6-7-14-22)20(27)26(2)3)24-15-17-9-4-5-12-19(17)28-18-10-8-11-18;/h4-5,9,12,18H,6-8,10-11,13-16H2,1-3H3,(H2,23,24,25);1H. The molecule has 1 aromatic carbocycles. The lowest BCUT2D eigenvalue weighted by molar-refractivity contribution is -0.138. The minimum Gasteiger partial charge on any atom is -0.490 e. The minimum atomic E-state index is -0.313. The summed E-state index contributed by atoms with van der Waals surface area (Å²) in [4.78, 5) is 18.8. The van der Waals surface area contributed by atoms with Crippen molar-refractivity contribution >= 4 is 35.8 Å². The number of hydrogen-bond acceptors (Lipinski definition) is 3. The summed E-state index contributed by atoms with van der Waals surface area (Å²) >= 11 is 0. The number of benzene rings is 1. The highest BCUT2D eigenvalue weighted by atomic mass is 127. The Morgan fingerprint density at radius 2 is 1.86 bits per heavy atom. The predicted octanol–water partition coefficient (Wildman–Crippen LogP) is 3.55. The number of aliphatic imine (C=N–C) groups is 1. The van der Waals surface area contributed by atoms with E-state index in [9.17, 15) is 4.79 Å².